The summed E-state index contributed by atoms with van der Waals surface area (Å²) in [5.74, 6) is 0.916. The molecule has 0 aromatic carbocycles. The van der Waals surface area contributed by atoms with E-state index in [1.807, 2.05) is 0 Å². The van der Waals surface area contributed by atoms with Crippen LogP contribution in [0.5, 0.6) is 0 Å². The lowest BCUT2D eigenvalue weighted by molar-refractivity contribution is 0.192. The van der Waals surface area contributed by atoms with E-state index in [1.54, 1.807) is 18.4 Å². The fourth-order valence-electron chi connectivity index (χ4n) is 2.11. The molecular weight excluding hydrogens is 421 g/mol. The molecule has 0 saturated heterocycles. The number of hydrogen-bond acceptors (Lipinski definition) is 3. The predicted molar refractivity (Wildman–Crippen MR) is 112 cm³/mol. The van der Waals surface area contributed by atoms with Gasteiger partial charge in [0.1, 0.15) is 0 Å². The monoisotopic (exact) mass is 453 g/mol. The number of halogens is 1. The first-order chi connectivity index (χ1) is 10.6. The van der Waals surface area contributed by atoms with Gasteiger partial charge in [-0.3, -0.25) is 4.99 Å². The summed E-state index contributed by atoms with van der Waals surface area (Å²) in [5.41, 5.74) is 0.0784. The Hall–Kier alpha value is -0.340. The standard InChI is InChI=1S/C17H31N3OS.HI/c1-5-18-16(19-11-7-6-8-12-21-4)20-14-17(2,3)15-10-9-13-22-15;/h9-10,13H,5-8,11-12,14H2,1-4H3,(H2,18,19,20);1H. The minimum atomic E-state index is 0. The van der Waals surface area contributed by atoms with Gasteiger partial charge < -0.3 is 15.4 Å². The summed E-state index contributed by atoms with van der Waals surface area (Å²) in [4.78, 5) is 6.13. The van der Waals surface area contributed by atoms with Crippen LogP contribution in [0, 0.1) is 0 Å². The molecule has 23 heavy (non-hydrogen) atoms. The van der Waals surface area contributed by atoms with E-state index in [4.69, 9.17) is 9.73 Å². The first-order valence-corrected chi connectivity index (χ1v) is 9.03. The molecule has 0 aliphatic heterocycles. The number of guanidine groups is 1. The summed E-state index contributed by atoms with van der Waals surface area (Å²) in [7, 11) is 1.75. The average Bonchev–Trinajstić information content (AvgIpc) is 3.03. The lowest BCUT2D eigenvalue weighted by Gasteiger charge is -2.21. The van der Waals surface area contributed by atoms with Gasteiger partial charge in [-0.05, 0) is 37.6 Å². The van der Waals surface area contributed by atoms with Gasteiger partial charge >= 0.3 is 0 Å². The largest absolute Gasteiger partial charge is 0.385 e. The van der Waals surface area contributed by atoms with Crippen molar-refractivity contribution in [1.82, 2.24) is 10.6 Å². The average molecular weight is 453 g/mol. The van der Waals surface area contributed by atoms with Crippen molar-refractivity contribution in [2.24, 2.45) is 4.99 Å². The molecule has 1 aromatic rings. The van der Waals surface area contributed by atoms with Crippen LogP contribution in [0.15, 0.2) is 22.5 Å². The molecule has 0 saturated carbocycles. The van der Waals surface area contributed by atoms with E-state index in [1.165, 1.54) is 11.3 Å². The molecule has 0 aliphatic rings. The quantitative estimate of drug-likeness (QED) is 0.244. The Bertz CT molecular complexity index is 421. The zero-order valence-corrected chi connectivity index (χ0v) is 18.0. The molecular formula is C17H32IN3OS. The molecule has 0 spiro atoms. The summed E-state index contributed by atoms with van der Waals surface area (Å²) in [6.07, 6.45) is 3.44. The molecule has 0 fully saturated rings. The van der Waals surface area contributed by atoms with Crippen molar-refractivity contribution in [2.75, 3.05) is 33.4 Å². The van der Waals surface area contributed by atoms with Crippen LogP contribution in [-0.4, -0.2) is 39.3 Å². The van der Waals surface area contributed by atoms with Crippen LogP contribution in [-0.2, 0) is 10.2 Å². The number of hydrogen-bond donors (Lipinski definition) is 2. The Kier molecular flexibility index (Phi) is 12.8. The summed E-state index contributed by atoms with van der Waals surface area (Å²) in [5, 5.41) is 8.87. The second kappa shape index (κ2) is 13.0. The number of ether oxygens (including phenoxy) is 1. The second-order valence-electron chi connectivity index (χ2n) is 6.04. The lowest BCUT2D eigenvalue weighted by Crippen LogP contribution is -2.38. The number of nitrogens with one attached hydrogen (secondary N) is 2. The minimum absolute atomic E-state index is 0. The fraction of sp³-hybridized carbons (Fsp3) is 0.706. The number of methoxy groups -OCH3 is 1. The summed E-state index contributed by atoms with van der Waals surface area (Å²) < 4.78 is 5.06. The molecule has 1 heterocycles. The van der Waals surface area contributed by atoms with Crippen molar-refractivity contribution in [1.29, 1.82) is 0 Å². The Morgan fingerprint density at radius 1 is 1.26 bits per heavy atom. The summed E-state index contributed by atoms with van der Waals surface area (Å²) in [6.45, 7) is 10.1. The highest BCUT2D eigenvalue weighted by Gasteiger charge is 2.21. The molecule has 0 aliphatic carbocycles. The van der Waals surface area contributed by atoms with Gasteiger partial charge in [0, 0.05) is 37.1 Å². The molecule has 4 nitrogen and oxygen atoms in total. The van der Waals surface area contributed by atoms with Crippen LogP contribution in [0.4, 0.5) is 0 Å². The third-order valence-corrected chi connectivity index (χ3v) is 4.72. The van der Waals surface area contributed by atoms with Crippen LogP contribution in [0.3, 0.4) is 0 Å². The Morgan fingerprint density at radius 3 is 2.65 bits per heavy atom. The molecule has 1 rings (SSSR count). The first-order valence-electron chi connectivity index (χ1n) is 8.15. The Balaban J connectivity index is 0.00000484. The highest BCUT2D eigenvalue weighted by atomic mass is 127. The molecule has 0 radical (unpaired) electrons. The highest BCUT2D eigenvalue weighted by molar-refractivity contribution is 14.0. The van der Waals surface area contributed by atoms with Gasteiger partial charge in [-0.25, -0.2) is 0 Å². The molecule has 0 unspecified atom stereocenters. The van der Waals surface area contributed by atoms with Gasteiger partial charge in [-0.15, -0.1) is 35.3 Å². The molecule has 6 heteroatoms. The minimum Gasteiger partial charge on any atom is -0.385 e. The number of thiophene rings is 1. The van der Waals surface area contributed by atoms with Crippen LogP contribution in [0.2, 0.25) is 0 Å². The van der Waals surface area contributed by atoms with Crippen molar-refractivity contribution in [3.05, 3.63) is 22.4 Å². The van der Waals surface area contributed by atoms with Crippen molar-refractivity contribution in [3.8, 4) is 0 Å². The van der Waals surface area contributed by atoms with E-state index >= 15 is 0 Å². The number of nitrogens with zero attached hydrogens (tertiary/aromatic N) is 1. The van der Waals surface area contributed by atoms with E-state index < -0.39 is 0 Å². The maximum Gasteiger partial charge on any atom is 0.191 e. The Labute approximate surface area is 162 Å². The van der Waals surface area contributed by atoms with Gasteiger partial charge in [0.15, 0.2) is 5.96 Å². The SMILES string of the molecule is CCNC(=NCC(C)(C)c1cccs1)NCCCCCOC.I. The van der Waals surface area contributed by atoms with Crippen molar-refractivity contribution in [3.63, 3.8) is 0 Å². The van der Waals surface area contributed by atoms with E-state index in [-0.39, 0.29) is 29.4 Å². The predicted octanol–water partition coefficient (Wildman–Crippen LogP) is 4.02. The van der Waals surface area contributed by atoms with Gasteiger partial charge in [0.2, 0.25) is 0 Å². The van der Waals surface area contributed by atoms with E-state index in [9.17, 15) is 0 Å². The Morgan fingerprint density at radius 2 is 2.04 bits per heavy atom. The van der Waals surface area contributed by atoms with Gasteiger partial charge in [0.05, 0.1) is 6.54 Å². The lowest BCUT2D eigenvalue weighted by atomic mass is 9.92. The van der Waals surface area contributed by atoms with Crippen LogP contribution >= 0.6 is 35.3 Å². The van der Waals surface area contributed by atoms with Gasteiger partial charge in [0.25, 0.3) is 0 Å². The first kappa shape index (κ1) is 22.7. The van der Waals surface area contributed by atoms with Gasteiger partial charge in [-0.1, -0.05) is 19.9 Å². The van der Waals surface area contributed by atoms with Gasteiger partial charge in [-0.2, -0.15) is 0 Å². The van der Waals surface area contributed by atoms with Crippen molar-refractivity contribution < 1.29 is 4.74 Å². The third kappa shape index (κ3) is 9.52. The maximum absolute atomic E-state index is 5.06. The van der Waals surface area contributed by atoms with E-state index in [2.05, 4.69) is 48.9 Å². The second-order valence-corrected chi connectivity index (χ2v) is 6.98. The molecule has 0 amide bonds. The number of unbranched alkanes of at least 4 members (excludes halogenated alkanes) is 2. The molecule has 1 aromatic heterocycles. The molecule has 0 atom stereocenters. The van der Waals surface area contributed by atoms with Crippen LogP contribution < -0.4 is 10.6 Å². The number of rotatable bonds is 10. The summed E-state index contributed by atoms with van der Waals surface area (Å²) >= 11 is 1.80. The van der Waals surface area contributed by atoms with E-state index in [0.29, 0.717) is 0 Å². The number of aliphatic imine (C=N–C) groups is 1. The molecule has 2 N–H and O–H groups in total. The van der Waals surface area contributed by atoms with Crippen molar-refractivity contribution in [2.45, 2.75) is 45.4 Å². The fourth-order valence-corrected chi connectivity index (χ4v) is 2.96. The van der Waals surface area contributed by atoms with Crippen LogP contribution in [0.1, 0.15) is 44.9 Å². The maximum atomic E-state index is 5.06. The van der Waals surface area contributed by atoms with Crippen LogP contribution in [0.25, 0.3) is 0 Å². The highest BCUT2D eigenvalue weighted by Crippen LogP contribution is 2.27. The van der Waals surface area contributed by atoms with Crippen molar-refractivity contribution >= 4 is 41.3 Å². The van der Waals surface area contributed by atoms with E-state index in [0.717, 1.165) is 45.0 Å². The zero-order valence-electron chi connectivity index (χ0n) is 14.9. The normalized spacial score (nSPS) is 11.9. The zero-order chi connectivity index (χ0) is 16.3. The summed E-state index contributed by atoms with van der Waals surface area (Å²) in [6, 6.07) is 4.30. The third-order valence-electron chi connectivity index (χ3n) is 3.48. The molecule has 134 valence electrons. The topological polar surface area (TPSA) is 45.7 Å². The molecule has 0 bridgehead atoms. The smallest absolute Gasteiger partial charge is 0.191 e.